The molecule has 1 aliphatic rings. The lowest BCUT2D eigenvalue weighted by atomic mass is 9.93. The van der Waals surface area contributed by atoms with Crippen molar-refractivity contribution >= 4 is 0 Å². The van der Waals surface area contributed by atoms with Crippen LogP contribution in [0.25, 0.3) is 5.69 Å². The van der Waals surface area contributed by atoms with E-state index in [2.05, 4.69) is 31.9 Å². The van der Waals surface area contributed by atoms with Gasteiger partial charge in [-0.1, -0.05) is 26.8 Å². The Morgan fingerprint density at radius 1 is 1.20 bits per heavy atom. The van der Waals surface area contributed by atoms with Crippen molar-refractivity contribution in [3.8, 4) is 11.4 Å². The molecule has 5 heteroatoms. The maximum atomic E-state index is 5.81. The fourth-order valence-corrected chi connectivity index (χ4v) is 2.77. The molecule has 0 spiro atoms. The zero-order chi connectivity index (χ0) is 17.7. The van der Waals surface area contributed by atoms with E-state index in [1.165, 1.54) is 6.42 Å². The van der Waals surface area contributed by atoms with E-state index in [0.29, 0.717) is 13.2 Å². The van der Waals surface area contributed by atoms with E-state index in [-0.39, 0.29) is 11.7 Å². The number of hydrogen-bond donors (Lipinski definition) is 0. The van der Waals surface area contributed by atoms with Crippen LogP contribution in [0.2, 0.25) is 0 Å². The molecule has 0 N–H and O–H groups in total. The first-order valence-corrected chi connectivity index (χ1v) is 9.05. The molecular formula is C20H28N2O3. The number of aromatic nitrogens is 2. The van der Waals surface area contributed by atoms with E-state index in [9.17, 15) is 0 Å². The Balaban J connectivity index is 1.53. The SMILES string of the molecule is CC(C)(C)c1ccn(-c2cccc(OCCOC3CCCCO3)c2)n1. The number of rotatable bonds is 6. The van der Waals surface area contributed by atoms with E-state index in [1.54, 1.807) is 0 Å². The van der Waals surface area contributed by atoms with Gasteiger partial charge in [0.15, 0.2) is 6.29 Å². The van der Waals surface area contributed by atoms with Gasteiger partial charge in [0.05, 0.1) is 18.0 Å². The zero-order valence-corrected chi connectivity index (χ0v) is 15.4. The maximum Gasteiger partial charge on any atom is 0.157 e. The van der Waals surface area contributed by atoms with Gasteiger partial charge in [-0.15, -0.1) is 0 Å². The molecule has 1 aromatic heterocycles. The molecule has 0 radical (unpaired) electrons. The highest BCUT2D eigenvalue weighted by atomic mass is 16.7. The molecular weight excluding hydrogens is 316 g/mol. The molecule has 0 amide bonds. The molecule has 1 unspecified atom stereocenters. The second-order valence-corrected chi connectivity index (χ2v) is 7.41. The summed E-state index contributed by atoms with van der Waals surface area (Å²) < 4.78 is 18.9. The third-order valence-corrected chi connectivity index (χ3v) is 4.23. The van der Waals surface area contributed by atoms with Gasteiger partial charge in [-0.2, -0.15) is 5.10 Å². The lowest BCUT2D eigenvalue weighted by Crippen LogP contribution is -2.24. The van der Waals surface area contributed by atoms with Gasteiger partial charge >= 0.3 is 0 Å². The molecule has 1 atom stereocenters. The van der Waals surface area contributed by atoms with Gasteiger partial charge in [0.2, 0.25) is 0 Å². The fourth-order valence-electron chi connectivity index (χ4n) is 2.77. The minimum absolute atomic E-state index is 0.0396. The Hall–Kier alpha value is -1.85. The van der Waals surface area contributed by atoms with Crippen LogP contribution in [0.15, 0.2) is 36.5 Å². The van der Waals surface area contributed by atoms with Crippen LogP contribution in [0.5, 0.6) is 5.75 Å². The standard InChI is InChI=1S/C20H28N2O3/c1-20(2,3)18-10-11-22(21-18)16-7-6-8-17(15-16)23-13-14-25-19-9-4-5-12-24-19/h6-8,10-11,15,19H,4-5,9,12-14H2,1-3H3. The van der Waals surface area contributed by atoms with Gasteiger partial charge in [0.1, 0.15) is 12.4 Å². The Morgan fingerprint density at radius 3 is 2.80 bits per heavy atom. The van der Waals surface area contributed by atoms with Crippen molar-refractivity contribution in [3.05, 3.63) is 42.2 Å². The highest BCUT2D eigenvalue weighted by molar-refractivity contribution is 5.39. The van der Waals surface area contributed by atoms with Crippen molar-refractivity contribution in [3.63, 3.8) is 0 Å². The number of hydrogen-bond acceptors (Lipinski definition) is 4. The Bertz CT molecular complexity index is 670. The van der Waals surface area contributed by atoms with Gasteiger partial charge in [-0.05, 0) is 37.5 Å². The summed E-state index contributed by atoms with van der Waals surface area (Å²) in [4.78, 5) is 0. The molecule has 136 valence electrons. The number of nitrogens with zero attached hydrogens (tertiary/aromatic N) is 2. The summed E-state index contributed by atoms with van der Waals surface area (Å²) in [5.74, 6) is 0.818. The summed E-state index contributed by atoms with van der Waals surface area (Å²) in [5.41, 5.74) is 2.10. The van der Waals surface area contributed by atoms with Crippen molar-refractivity contribution in [1.82, 2.24) is 9.78 Å². The van der Waals surface area contributed by atoms with Gasteiger partial charge in [-0.25, -0.2) is 4.68 Å². The average molecular weight is 344 g/mol. The topological polar surface area (TPSA) is 45.5 Å². The van der Waals surface area contributed by atoms with Crippen LogP contribution in [0.4, 0.5) is 0 Å². The molecule has 2 heterocycles. The van der Waals surface area contributed by atoms with Crippen LogP contribution in [0.3, 0.4) is 0 Å². The first-order chi connectivity index (χ1) is 12.0. The highest BCUT2D eigenvalue weighted by Gasteiger charge is 2.17. The molecule has 0 bridgehead atoms. The number of ether oxygens (including phenoxy) is 3. The minimum atomic E-state index is -0.0661. The fraction of sp³-hybridized carbons (Fsp3) is 0.550. The predicted octanol–water partition coefficient (Wildman–Crippen LogP) is 4.09. The van der Waals surface area contributed by atoms with E-state index < -0.39 is 0 Å². The van der Waals surface area contributed by atoms with Crippen molar-refractivity contribution in [1.29, 1.82) is 0 Å². The first kappa shape index (κ1) is 18.0. The van der Waals surface area contributed by atoms with Gasteiger partial charge in [0.25, 0.3) is 0 Å². The van der Waals surface area contributed by atoms with Crippen molar-refractivity contribution in [2.45, 2.75) is 51.7 Å². The van der Waals surface area contributed by atoms with Crippen LogP contribution >= 0.6 is 0 Å². The van der Waals surface area contributed by atoms with Crippen molar-refractivity contribution < 1.29 is 14.2 Å². The molecule has 1 saturated heterocycles. The lowest BCUT2D eigenvalue weighted by molar-refractivity contribution is -0.165. The van der Waals surface area contributed by atoms with Crippen LogP contribution in [-0.4, -0.2) is 35.9 Å². The summed E-state index contributed by atoms with van der Waals surface area (Å²) in [5, 5.41) is 4.67. The Morgan fingerprint density at radius 2 is 2.08 bits per heavy atom. The summed E-state index contributed by atoms with van der Waals surface area (Å²) in [6.45, 7) is 8.33. The van der Waals surface area contributed by atoms with E-state index >= 15 is 0 Å². The second-order valence-electron chi connectivity index (χ2n) is 7.41. The van der Waals surface area contributed by atoms with Crippen LogP contribution in [0, 0.1) is 0 Å². The molecule has 0 saturated carbocycles. The highest BCUT2D eigenvalue weighted by Crippen LogP contribution is 2.22. The average Bonchev–Trinajstić information content (AvgIpc) is 3.11. The molecule has 2 aromatic rings. The summed E-state index contributed by atoms with van der Waals surface area (Å²) in [6, 6.07) is 10.0. The second kappa shape index (κ2) is 8.02. The van der Waals surface area contributed by atoms with Crippen molar-refractivity contribution in [2.75, 3.05) is 19.8 Å². The molecule has 5 nitrogen and oxygen atoms in total. The van der Waals surface area contributed by atoms with Crippen LogP contribution in [-0.2, 0) is 14.9 Å². The van der Waals surface area contributed by atoms with Gasteiger partial charge < -0.3 is 14.2 Å². The molecule has 1 aliphatic heterocycles. The normalized spacial score (nSPS) is 18.3. The molecule has 1 aromatic carbocycles. The minimum Gasteiger partial charge on any atom is -0.491 e. The largest absolute Gasteiger partial charge is 0.491 e. The maximum absolute atomic E-state index is 5.81. The first-order valence-electron chi connectivity index (χ1n) is 9.05. The Labute approximate surface area is 149 Å². The van der Waals surface area contributed by atoms with E-state index in [1.807, 2.05) is 35.1 Å². The summed E-state index contributed by atoms with van der Waals surface area (Å²) in [7, 11) is 0. The summed E-state index contributed by atoms with van der Waals surface area (Å²) >= 11 is 0. The molecule has 1 fully saturated rings. The molecule has 3 rings (SSSR count). The van der Waals surface area contributed by atoms with E-state index in [0.717, 1.165) is 36.6 Å². The van der Waals surface area contributed by atoms with E-state index in [4.69, 9.17) is 14.2 Å². The predicted molar refractivity (Wildman–Crippen MR) is 97.3 cm³/mol. The van der Waals surface area contributed by atoms with Crippen LogP contribution < -0.4 is 4.74 Å². The zero-order valence-electron chi connectivity index (χ0n) is 15.4. The van der Waals surface area contributed by atoms with Gasteiger partial charge in [0, 0.05) is 24.3 Å². The third kappa shape index (κ3) is 5.06. The van der Waals surface area contributed by atoms with Gasteiger partial charge in [-0.3, -0.25) is 0 Å². The van der Waals surface area contributed by atoms with Crippen LogP contribution in [0.1, 0.15) is 45.7 Å². The quantitative estimate of drug-likeness (QED) is 0.741. The van der Waals surface area contributed by atoms with Crippen molar-refractivity contribution in [2.24, 2.45) is 0 Å². The molecule has 0 aliphatic carbocycles. The molecule has 25 heavy (non-hydrogen) atoms. The number of benzene rings is 1. The monoisotopic (exact) mass is 344 g/mol. The third-order valence-electron chi connectivity index (χ3n) is 4.23. The summed E-state index contributed by atoms with van der Waals surface area (Å²) in [6.07, 6.45) is 5.21. The Kier molecular flexibility index (Phi) is 5.76. The lowest BCUT2D eigenvalue weighted by Gasteiger charge is -2.22. The smallest absolute Gasteiger partial charge is 0.157 e.